The minimum atomic E-state index is -0.663. The summed E-state index contributed by atoms with van der Waals surface area (Å²) in [6, 6.07) is 15.2. The highest BCUT2D eigenvalue weighted by atomic mass is 35.5. The van der Waals surface area contributed by atoms with Crippen molar-refractivity contribution in [2.75, 3.05) is 0 Å². The number of nitro groups is 1. The van der Waals surface area contributed by atoms with Crippen LogP contribution >= 0.6 is 11.6 Å². The number of aryl methyl sites for hydroxylation is 1. The van der Waals surface area contributed by atoms with Gasteiger partial charge < -0.3 is 9.15 Å². The lowest BCUT2D eigenvalue weighted by Crippen LogP contribution is -2.06. The molecule has 2 heterocycles. The van der Waals surface area contributed by atoms with E-state index < -0.39 is 10.9 Å². The summed E-state index contributed by atoms with van der Waals surface area (Å²) in [5.41, 5.74) is 1.61. The molecule has 0 bridgehead atoms. The summed E-state index contributed by atoms with van der Waals surface area (Å²) in [6.07, 6.45) is 1.45. The summed E-state index contributed by atoms with van der Waals surface area (Å²) in [7, 11) is 0. The van der Waals surface area contributed by atoms with Crippen LogP contribution in [0.25, 0.3) is 17.4 Å². The molecule has 144 valence electrons. The normalized spacial score (nSPS) is 14.8. The molecule has 0 saturated heterocycles. The fraction of sp³-hybridized carbons (Fsp3) is 0.0476. The first kappa shape index (κ1) is 18.6. The number of benzene rings is 2. The van der Waals surface area contributed by atoms with Crippen LogP contribution in [0.5, 0.6) is 0 Å². The van der Waals surface area contributed by atoms with Crippen LogP contribution in [-0.2, 0) is 9.53 Å². The van der Waals surface area contributed by atoms with Gasteiger partial charge in [-0.15, -0.1) is 0 Å². The lowest BCUT2D eigenvalue weighted by atomic mass is 10.1. The SMILES string of the molecule is Cc1ccc(C2=NC(=Cc3ccc(-c4cccc(Cl)c4)o3)C(=O)O2)cc1[N+](=O)[O-]. The van der Waals surface area contributed by atoms with E-state index in [1.807, 2.05) is 12.1 Å². The van der Waals surface area contributed by atoms with Gasteiger partial charge in [0.05, 0.1) is 4.92 Å². The Morgan fingerprint density at radius 3 is 2.69 bits per heavy atom. The molecule has 3 aromatic rings. The molecule has 1 aliphatic heterocycles. The Labute approximate surface area is 170 Å². The number of ether oxygens (including phenoxy) is 1. The first-order valence-corrected chi connectivity index (χ1v) is 8.92. The Morgan fingerprint density at radius 2 is 1.93 bits per heavy atom. The number of esters is 1. The van der Waals surface area contributed by atoms with E-state index in [2.05, 4.69) is 4.99 Å². The first-order valence-electron chi connectivity index (χ1n) is 8.54. The average molecular weight is 409 g/mol. The smallest absolute Gasteiger partial charge is 0.363 e. The standard InChI is InChI=1S/C21H13ClN2O5/c1-12-5-6-14(10-18(12)24(26)27)20-23-17(21(25)29-20)11-16-7-8-19(28-16)13-3-2-4-15(22)9-13/h2-11H,1H3. The van der Waals surface area contributed by atoms with Crippen molar-refractivity contribution < 1.29 is 18.9 Å². The van der Waals surface area contributed by atoms with Crippen molar-refractivity contribution in [3.63, 3.8) is 0 Å². The zero-order valence-corrected chi connectivity index (χ0v) is 15.8. The molecule has 0 unspecified atom stereocenters. The number of aliphatic imine (C=N–C) groups is 1. The number of furan rings is 1. The Hall–Kier alpha value is -3.71. The maximum atomic E-state index is 12.2. The van der Waals surface area contributed by atoms with Crippen LogP contribution in [0.1, 0.15) is 16.9 Å². The summed E-state index contributed by atoms with van der Waals surface area (Å²) in [4.78, 5) is 27.0. The molecule has 0 fully saturated rings. The Bertz CT molecular complexity index is 1210. The molecule has 0 N–H and O–H groups in total. The maximum absolute atomic E-state index is 12.2. The molecule has 8 heteroatoms. The van der Waals surface area contributed by atoms with Crippen molar-refractivity contribution in [2.24, 2.45) is 4.99 Å². The Morgan fingerprint density at radius 1 is 1.10 bits per heavy atom. The molecule has 4 rings (SSSR count). The molecule has 0 amide bonds. The van der Waals surface area contributed by atoms with Gasteiger partial charge in [0.25, 0.3) is 5.69 Å². The number of cyclic esters (lactones) is 1. The Kier molecular flexibility index (Phi) is 4.74. The number of nitro benzene ring substituents is 1. The molecule has 7 nitrogen and oxygen atoms in total. The van der Waals surface area contributed by atoms with E-state index in [-0.39, 0.29) is 17.3 Å². The van der Waals surface area contributed by atoms with E-state index >= 15 is 0 Å². The van der Waals surface area contributed by atoms with Crippen LogP contribution in [0.4, 0.5) is 5.69 Å². The second-order valence-corrected chi connectivity index (χ2v) is 6.74. The average Bonchev–Trinajstić information content (AvgIpc) is 3.29. The lowest BCUT2D eigenvalue weighted by molar-refractivity contribution is -0.385. The van der Waals surface area contributed by atoms with Gasteiger partial charge >= 0.3 is 5.97 Å². The van der Waals surface area contributed by atoms with Crippen LogP contribution in [0.2, 0.25) is 5.02 Å². The van der Waals surface area contributed by atoms with Crippen LogP contribution in [-0.4, -0.2) is 16.8 Å². The predicted octanol–water partition coefficient (Wildman–Crippen LogP) is 5.16. The van der Waals surface area contributed by atoms with Crippen molar-refractivity contribution in [3.05, 3.63) is 92.3 Å². The van der Waals surface area contributed by atoms with E-state index in [0.29, 0.717) is 27.7 Å². The molecule has 0 radical (unpaired) electrons. The monoisotopic (exact) mass is 408 g/mol. The molecule has 0 saturated carbocycles. The van der Waals surface area contributed by atoms with Crippen LogP contribution < -0.4 is 0 Å². The number of carbonyl (C=O) groups excluding carboxylic acids is 1. The first-order chi connectivity index (χ1) is 13.9. The van der Waals surface area contributed by atoms with Crippen LogP contribution in [0.15, 0.2) is 69.7 Å². The van der Waals surface area contributed by atoms with Gasteiger partial charge in [-0.1, -0.05) is 29.8 Å². The Balaban J connectivity index is 1.64. The predicted molar refractivity (Wildman–Crippen MR) is 108 cm³/mol. The van der Waals surface area contributed by atoms with Crippen LogP contribution in [0.3, 0.4) is 0 Å². The number of hydrogen-bond acceptors (Lipinski definition) is 6. The third-order valence-electron chi connectivity index (χ3n) is 4.29. The summed E-state index contributed by atoms with van der Waals surface area (Å²) in [6.45, 7) is 1.63. The number of carbonyl (C=O) groups is 1. The molecule has 29 heavy (non-hydrogen) atoms. The van der Waals surface area contributed by atoms with E-state index in [1.165, 1.54) is 12.1 Å². The summed E-state index contributed by atoms with van der Waals surface area (Å²) in [5.74, 6) is 0.339. The van der Waals surface area contributed by atoms with Gasteiger partial charge in [0.2, 0.25) is 5.90 Å². The zero-order valence-electron chi connectivity index (χ0n) is 15.1. The van der Waals surface area contributed by atoms with Gasteiger partial charge in [0, 0.05) is 33.9 Å². The summed E-state index contributed by atoms with van der Waals surface area (Å²) >= 11 is 6.00. The highest BCUT2D eigenvalue weighted by molar-refractivity contribution is 6.30. The van der Waals surface area contributed by atoms with Crippen molar-refractivity contribution in [2.45, 2.75) is 6.92 Å². The maximum Gasteiger partial charge on any atom is 0.363 e. The van der Waals surface area contributed by atoms with Gasteiger partial charge in [0.1, 0.15) is 11.5 Å². The third-order valence-corrected chi connectivity index (χ3v) is 4.52. The second kappa shape index (κ2) is 7.37. The third kappa shape index (κ3) is 3.81. The summed E-state index contributed by atoms with van der Waals surface area (Å²) < 4.78 is 10.9. The molecule has 2 aromatic carbocycles. The van der Waals surface area contributed by atoms with Gasteiger partial charge in [-0.25, -0.2) is 9.79 Å². The number of nitrogens with zero attached hydrogens (tertiary/aromatic N) is 2. The molecule has 0 atom stereocenters. The number of hydrogen-bond donors (Lipinski definition) is 0. The van der Waals surface area contributed by atoms with E-state index in [1.54, 1.807) is 43.3 Å². The van der Waals surface area contributed by atoms with Crippen molar-refractivity contribution in [1.82, 2.24) is 0 Å². The molecular formula is C21H13ClN2O5. The highest BCUT2D eigenvalue weighted by Crippen LogP contribution is 2.28. The molecular weight excluding hydrogens is 396 g/mol. The molecule has 1 aliphatic rings. The molecule has 0 spiro atoms. The van der Waals surface area contributed by atoms with E-state index in [4.69, 9.17) is 20.8 Å². The molecule has 1 aromatic heterocycles. The quantitative estimate of drug-likeness (QED) is 0.257. The number of halogens is 1. The van der Waals surface area contributed by atoms with Gasteiger partial charge in [0.15, 0.2) is 5.70 Å². The largest absolute Gasteiger partial charge is 0.457 e. The lowest BCUT2D eigenvalue weighted by Gasteiger charge is -2.01. The fourth-order valence-electron chi connectivity index (χ4n) is 2.83. The van der Waals surface area contributed by atoms with Gasteiger partial charge in [-0.05, 0) is 37.3 Å². The topological polar surface area (TPSA) is 94.9 Å². The minimum absolute atomic E-state index is 0.00553. The van der Waals surface area contributed by atoms with Crippen LogP contribution in [0, 0.1) is 17.0 Å². The van der Waals surface area contributed by atoms with Gasteiger partial charge in [-0.2, -0.15) is 0 Å². The van der Waals surface area contributed by atoms with E-state index in [0.717, 1.165) is 5.56 Å². The number of rotatable bonds is 4. The fourth-order valence-corrected chi connectivity index (χ4v) is 3.02. The summed E-state index contributed by atoms with van der Waals surface area (Å²) in [5, 5.41) is 11.7. The van der Waals surface area contributed by atoms with E-state index in [9.17, 15) is 14.9 Å². The zero-order chi connectivity index (χ0) is 20.5. The van der Waals surface area contributed by atoms with Gasteiger partial charge in [-0.3, -0.25) is 10.1 Å². The van der Waals surface area contributed by atoms with Crippen molar-refractivity contribution in [1.29, 1.82) is 0 Å². The minimum Gasteiger partial charge on any atom is -0.457 e. The highest BCUT2D eigenvalue weighted by Gasteiger charge is 2.26. The van der Waals surface area contributed by atoms with Crippen molar-refractivity contribution >= 4 is 35.2 Å². The molecule has 0 aliphatic carbocycles. The van der Waals surface area contributed by atoms with Crippen molar-refractivity contribution in [3.8, 4) is 11.3 Å². The second-order valence-electron chi connectivity index (χ2n) is 6.31.